The van der Waals surface area contributed by atoms with Crippen LogP contribution >= 0.6 is 39.1 Å². The number of hydrogen-bond acceptors (Lipinski definition) is 3. The second-order valence-electron chi connectivity index (χ2n) is 3.53. The molecule has 0 bridgehead atoms. The van der Waals surface area contributed by atoms with E-state index in [2.05, 4.69) is 26.2 Å². The molecule has 0 aliphatic carbocycles. The lowest BCUT2D eigenvalue weighted by Gasteiger charge is -2.14. The third kappa shape index (κ3) is 2.47. The maximum absolute atomic E-state index is 6.15. The summed E-state index contributed by atoms with van der Waals surface area (Å²) in [7, 11) is 1.77. The Kier molecular flexibility index (Phi) is 3.73. The minimum atomic E-state index is -0.408. The molecule has 0 aliphatic heterocycles. The molecule has 0 amide bonds. The first-order valence-electron chi connectivity index (χ1n) is 4.76. The molecule has 0 saturated carbocycles. The van der Waals surface area contributed by atoms with Gasteiger partial charge < -0.3 is 5.73 Å². The summed E-state index contributed by atoms with van der Waals surface area (Å²) in [5.74, 6) is 0. The van der Waals surface area contributed by atoms with E-state index in [-0.39, 0.29) is 0 Å². The number of rotatable bonds is 2. The van der Waals surface area contributed by atoms with Crippen LogP contribution in [0.4, 0.5) is 0 Å². The Morgan fingerprint density at radius 3 is 2.65 bits per heavy atom. The zero-order chi connectivity index (χ0) is 12.6. The van der Waals surface area contributed by atoms with Gasteiger partial charge in [-0.1, -0.05) is 34.5 Å². The zero-order valence-electron chi connectivity index (χ0n) is 8.86. The molecule has 1 aromatic carbocycles. The molecule has 90 valence electrons. The van der Waals surface area contributed by atoms with Gasteiger partial charge in [0.2, 0.25) is 0 Å². The van der Waals surface area contributed by atoms with Crippen molar-refractivity contribution in [2.24, 2.45) is 12.8 Å². The average Bonchev–Trinajstić information content (AvgIpc) is 2.58. The van der Waals surface area contributed by atoms with Gasteiger partial charge in [-0.3, -0.25) is 0 Å². The summed E-state index contributed by atoms with van der Waals surface area (Å²) in [5.41, 5.74) is 7.69. The lowest BCUT2D eigenvalue weighted by atomic mass is 10.1. The van der Waals surface area contributed by atoms with E-state index in [0.717, 1.165) is 11.3 Å². The maximum Gasteiger partial charge on any atom is 0.153 e. The van der Waals surface area contributed by atoms with Crippen LogP contribution in [0.25, 0.3) is 0 Å². The van der Waals surface area contributed by atoms with Crippen LogP contribution < -0.4 is 5.73 Å². The number of nitrogens with zero attached hydrogens (tertiary/aromatic N) is 3. The smallest absolute Gasteiger partial charge is 0.153 e. The van der Waals surface area contributed by atoms with E-state index in [1.165, 1.54) is 0 Å². The van der Waals surface area contributed by atoms with Gasteiger partial charge in [0.25, 0.3) is 0 Å². The summed E-state index contributed by atoms with van der Waals surface area (Å²) in [5, 5.41) is 8.87. The van der Waals surface area contributed by atoms with E-state index in [1.54, 1.807) is 29.9 Å². The molecule has 0 radical (unpaired) electrons. The van der Waals surface area contributed by atoms with Crippen LogP contribution in [-0.4, -0.2) is 15.0 Å². The Balaban J connectivity index is 2.47. The van der Waals surface area contributed by atoms with Crippen molar-refractivity contribution < 1.29 is 0 Å². The molecule has 2 rings (SSSR count). The highest BCUT2D eigenvalue weighted by atomic mass is 79.9. The Hall–Kier alpha value is -0.620. The van der Waals surface area contributed by atoms with E-state index in [0.29, 0.717) is 14.6 Å². The van der Waals surface area contributed by atoms with E-state index in [4.69, 9.17) is 28.9 Å². The fraction of sp³-hybridized carbons (Fsp3) is 0.200. The first-order chi connectivity index (χ1) is 8.00. The molecule has 4 nitrogen and oxygen atoms in total. The summed E-state index contributed by atoms with van der Waals surface area (Å²) >= 11 is 15.3. The topological polar surface area (TPSA) is 56.7 Å². The molecule has 1 atom stereocenters. The monoisotopic (exact) mass is 334 g/mol. The molecule has 0 fully saturated rings. The largest absolute Gasteiger partial charge is 0.319 e. The van der Waals surface area contributed by atoms with Crippen LogP contribution in [0.3, 0.4) is 0 Å². The fourth-order valence-corrected chi connectivity index (χ4v) is 2.67. The summed E-state index contributed by atoms with van der Waals surface area (Å²) in [4.78, 5) is 0. The van der Waals surface area contributed by atoms with Crippen LogP contribution in [0.1, 0.15) is 17.3 Å². The molecular weight excluding hydrogens is 327 g/mol. The Bertz CT molecular complexity index is 536. The van der Waals surface area contributed by atoms with Crippen LogP contribution in [-0.2, 0) is 7.05 Å². The van der Waals surface area contributed by atoms with Gasteiger partial charge in [0.15, 0.2) is 4.60 Å². The Labute approximate surface area is 117 Å². The Morgan fingerprint density at radius 2 is 2.12 bits per heavy atom. The molecular formula is C10H9BrCl2N4. The Morgan fingerprint density at radius 1 is 1.41 bits per heavy atom. The van der Waals surface area contributed by atoms with Gasteiger partial charge in [-0.2, -0.15) is 0 Å². The third-order valence-corrected chi connectivity index (χ3v) is 3.55. The molecule has 0 saturated heterocycles. The van der Waals surface area contributed by atoms with Crippen LogP contribution in [0.5, 0.6) is 0 Å². The van der Waals surface area contributed by atoms with E-state index < -0.39 is 6.04 Å². The molecule has 7 heteroatoms. The first kappa shape index (κ1) is 12.8. The third-order valence-electron chi connectivity index (χ3n) is 2.42. The number of hydrogen-bond donors (Lipinski definition) is 1. The molecule has 2 N–H and O–H groups in total. The van der Waals surface area contributed by atoms with Gasteiger partial charge in [-0.25, -0.2) is 4.68 Å². The number of nitrogens with two attached hydrogens (primary N) is 1. The molecule has 0 spiro atoms. The summed E-state index contributed by atoms with van der Waals surface area (Å²) in [6.45, 7) is 0. The van der Waals surface area contributed by atoms with Crippen molar-refractivity contribution >= 4 is 39.1 Å². The normalized spacial score (nSPS) is 12.8. The summed E-state index contributed by atoms with van der Waals surface area (Å²) < 4.78 is 2.22. The molecule has 1 heterocycles. The minimum Gasteiger partial charge on any atom is -0.319 e. The number of benzene rings is 1. The van der Waals surface area contributed by atoms with Gasteiger partial charge in [0.05, 0.1) is 11.7 Å². The SMILES string of the molecule is Cn1nnc(Br)c1C(N)c1ccc(Cl)cc1Cl. The van der Waals surface area contributed by atoms with E-state index in [1.807, 2.05) is 0 Å². The lowest BCUT2D eigenvalue weighted by Crippen LogP contribution is -2.16. The van der Waals surface area contributed by atoms with Crippen molar-refractivity contribution in [1.82, 2.24) is 15.0 Å². The van der Waals surface area contributed by atoms with Gasteiger partial charge in [0, 0.05) is 17.1 Å². The van der Waals surface area contributed by atoms with Crippen molar-refractivity contribution in [2.45, 2.75) is 6.04 Å². The fourth-order valence-electron chi connectivity index (χ4n) is 1.57. The second kappa shape index (κ2) is 4.94. The highest BCUT2D eigenvalue weighted by Gasteiger charge is 2.20. The van der Waals surface area contributed by atoms with Gasteiger partial charge in [-0.15, -0.1) is 5.10 Å². The summed E-state index contributed by atoms with van der Waals surface area (Å²) in [6, 6.07) is 4.81. The molecule has 1 aromatic heterocycles. The number of halogens is 3. The van der Waals surface area contributed by atoms with Gasteiger partial charge >= 0.3 is 0 Å². The highest BCUT2D eigenvalue weighted by Crippen LogP contribution is 2.30. The van der Waals surface area contributed by atoms with Crippen LogP contribution in [0.15, 0.2) is 22.8 Å². The van der Waals surface area contributed by atoms with Crippen molar-refractivity contribution in [2.75, 3.05) is 0 Å². The van der Waals surface area contributed by atoms with Crippen molar-refractivity contribution in [3.05, 3.63) is 44.1 Å². The first-order valence-corrected chi connectivity index (χ1v) is 6.31. The molecule has 1 unspecified atom stereocenters. The van der Waals surface area contributed by atoms with Crippen molar-refractivity contribution in [1.29, 1.82) is 0 Å². The zero-order valence-corrected chi connectivity index (χ0v) is 12.0. The number of aryl methyl sites for hydroxylation is 1. The van der Waals surface area contributed by atoms with Crippen molar-refractivity contribution in [3.63, 3.8) is 0 Å². The quantitative estimate of drug-likeness (QED) is 0.918. The van der Waals surface area contributed by atoms with Gasteiger partial charge in [-0.05, 0) is 33.6 Å². The van der Waals surface area contributed by atoms with E-state index in [9.17, 15) is 0 Å². The molecule has 2 aromatic rings. The molecule has 17 heavy (non-hydrogen) atoms. The number of aromatic nitrogens is 3. The molecule has 0 aliphatic rings. The predicted molar refractivity (Wildman–Crippen MR) is 71.2 cm³/mol. The lowest BCUT2D eigenvalue weighted by molar-refractivity contribution is 0.651. The van der Waals surface area contributed by atoms with Crippen LogP contribution in [0.2, 0.25) is 10.0 Å². The average molecular weight is 336 g/mol. The van der Waals surface area contributed by atoms with Crippen LogP contribution in [0, 0.1) is 0 Å². The predicted octanol–water partition coefficient (Wildman–Crippen LogP) is 2.93. The highest BCUT2D eigenvalue weighted by molar-refractivity contribution is 9.10. The van der Waals surface area contributed by atoms with Gasteiger partial charge in [0.1, 0.15) is 0 Å². The summed E-state index contributed by atoms with van der Waals surface area (Å²) in [6.07, 6.45) is 0. The minimum absolute atomic E-state index is 0.408. The standard InChI is InChI=1S/C10H9BrCl2N4/c1-17-9(10(11)15-16-17)8(14)6-3-2-5(12)4-7(6)13/h2-4,8H,14H2,1H3. The van der Waals surface area contributed by atoms with E-state index >= 15 is 0 Å². The maximum atomic E-state index is 6.15. The second-order valence-corrected chi connectivity index (χ2v) is 5.13. The van der Waals surface area contributed by atoms with Crippen molar-refractivity contribution in [3.8, 4) is 0 Å².